The van der Waals surface area contributed by atoms with E-state index in [-0.39, 0.29) is 11.8 Å². The van der Waals surface area contributed by atoms with Crippen LogP contribution in [0.15, 0.2) is 82.6 Å². The molecule has 4 rings (SSSR count). The minimum Gasteiger partial charge on any atom is -0.493 e. The molecule has 0 atom stereocenters. The van der Waals surface area contributed by atoms with Gasteiger partial charge in [0.25, 0.3) is 5.91 Å². The molecule has 0 saturated heterocycles. The number of hydrogen-bond donors (Lipinski definition) is 1. The Kier molecular flexibility index (Phi) is 7.77. The third kappa shape index (κ3) is 5.87. The number of thioether (sulfide) groups is 1. The normalized spacial score (nSPS) is 14.0. The Bertz CT molecular complexity index is 1250. The molecule has 0 aromatic heterocycles. The Labute approximate surface area is 209 Å². The number of amides is 2. The molecule has 0 bridgehead atoms. The largest absolute Gasteiger partial charge is 0.493 e. The van der Waals surface area contributed by atoms with Crippen LogP contribution in [0.2, 0.25) is 0 Å². The average molecular weight is 489 g/mol. The van der Waals surface area contributed by atoms with Gasteiger partial charge in [-0.2, -0.15) is 0 Å². The minimum atomic E-state index is -0.295. The molecule has 180 valence electrons. The highest BCUT2D eigenvalue weighted by Crippen LogP contribution is 2.41. The van der Waals surface area contributed by atoms with Crippen LogP contribution in [-0.2, 0) is 22.6 Å². The van der Waals surface area contributed by atoms with Crippen LogP contribution in [0, 0.1) is 6.92 Å². The molecule has 0 fully saturated rings. The van der Waals surface area contributed by atoms with Crippen molar-refractivity contribution in [3.05, 3.63) is 94.4 Å². The lowest BCUT2D eigenvalue weighted by atomic mass is 10.1. The average Bonchev–Trinajstić information content (AvgIpc) is 2.87. The van der Waals surface area contributed by atoms with Crippen molar-refractivity contribution in [1.29, 1.82) is 0 Å². The molecule has 1 heterocycles. The van der Waals surface area contributed by atoms with Gasteiger partial charge in [0.15, 0.2) is 11.5 Å². The van der Waals surface area contributed by atoms with Crippen LogP contribution < -0.4 is 19.7 Å². The van der Waals surface area contributed by atoms with Crippen LogP contribution in [0.25, 0.3) is 0 Å². The highest BCUT2D eigenvalue weighted by molar-refractivity contribution is 8.04. The maximum atomic E-state index is 13.4. The van der Waals surface area contributed by atoms with Crippen LogP contribution in [0.1, 0.15) is 16.7 Å². The van der Waals surface area contributed by atoms with Gasteiger partial charge in [0.2, 0.25) is 5.91 Å². The van der Waals surface area contributed by atoms with Gasteiger partial charge in [-0.25, -0.2) is 0 Å². The number of ether oxygens (including phenoxy) is 2. The number of fused-ring (bicyclic) bond motifs is 1. The molecule has 0 aliphatic carbocycles. The van der Waals surface area contributed by atoms with Crippen molar-refractivity contribution < 1.29 is 19.1 Å². The Morgan fingerprint density at radius 2 is 1.69 bits per heavy atom. The van der Waals surface area contributed by atoms with Gasteiger partial charge in [-0.15, -0.1) is 0 Å². The third-order valence-electron chi connectivity index (χ3n) is 5.72. The molecular weight excluding hydrogens is 460 g/mol. The molecular formula is C28H28N2O4S. The number of methoxy groups -OCH3 is 2. The van der Waals surface area contributed by atoms with Crippen LogP contribution in [0.4, 0.5) is 5.69 Å². The number of aryl methyl sites for hydroxylation is 1. The summed E-state index contributed by atoms with van der Waals surface area (Å²) in [5, 5.41) is 2.89. The predicted molar refractivity (Wildman–Crippen MR) is 139 cm³/mol. The Morgan fingerprint density at radius 1 is 0.971 bits per heavy atom. The summed E-state index contributed by atoms with van der Waals surface area (Å²) in [5.74, 6) is 0.837. The Hall–Kier alpha value is -3.71. The van der Waals surface area contributed by atoms with Crippen LogP contribution in [-0.4, -0.2) is 32.6 Å². The first-order valence-corrected chi connectivity index (χ1v) is 12.1. The summed E-state index contributed by atoms with van der Waals surface area (Å²) < 4.78 is 10.6. The van der Waals surface area contributed by atoms with Gasteiger partial charge in [0, 0.05) is 17.5 Å². The smallest absolute Gasteiger partial charge is 0.265 e. The number of carbonyl (C=O) groups is 2. The molecule has 2 amide bonds. The monoisotopic (exact) mass is 488 g/mol. The van der Waals surface area contributed by atoms with E-state index in [4.69, 9.17) is 9.47 Å². The van der Waals surface area contributed by atoms with E-state index >= 15 is 0 Å². The number of carbonyl (C=O) groups excluding carboxylic acids is 2. The highest BCUT2D eigenvalue weighted by atomic mass is 32.2. The van der Waals surface area contributed by atoms with Gasteiger partial charge >= 0.3 is 0 Å². The molecule has 3 aromatic rings. The Morgan fingerprint density at radius 3 is 2.43 bits per heavy atom. The molecule has 0 radical (unpaired) electrons. The third-order valence-corrected chi connectivity index (χ3v) is 6.79. The molecule has 0 unspecified atom stereocenters. The van der Waals surface area contributed by atoms with Crippen molar-refractivity contribution in [2.24, 2.45) is 0 Å². The number of benzene rings is 3. The van der Waals surface area contributed by atoms with Gasteiger partial charge < -0.3 is 19.7 Å². The van der Waals surface area contributed by atoms with E-state index in [1.807, 2.05) is 73.7 Å². The minimum absolute atomic E-state index is 0.177. The van der Waals surface area contributed by atoms with Gasteiger partial charge in [-0.1, -0.05) is 59.8 Å². The summed E-state index contributed by atoms with van der Waals surface area (Å²) in [6.07, 6.45) is 2.03. The van der Waals surface area contributed by atoms with Gasteiger partial charge in [0.05, 0.1) is 31.4 Å². The van der Waals surface area contributed by atoms with E-state index in [0.29, 0.717) is 35.9 Å². The second kappa shape index (κ2) is 11.1. The van der Waals surface area contributed by atoms with Crippen molar-refractivity contribution in [2.45, 2.75) is 24.8 Å². The van der Waals surface area contributed by atoms with E-state index in [9.17, 15) is 9.59 Å². The van der Waals surface area contributed by atoms with Gasteiger partial charge in [-0.05, 0) is 48.7 Å². The zero-order valence-electron chi connectivity index (χ0n) is 20.0. The number of hydrogen-bond acceptors (Lipinski definition) is 5. The number of anilines is 1. The number of nitrogens with zero attached hydrogens (tertiary/aromatic N) is 1. The fraction of sp³-hybridized carbons (Fsp3) is 0.214. The predicted octanol–water partition coefficient (Wildman–Crippen LogP) is 4.89. The molecule has 0 spiro atoms. The molecule has 1 aliphatic heterocycles. The van der Waals surface area contributed by atoms with E-state index in [2.05, 4.69) is 5.32 Å². The summed E-state index contributed by atoms with van der Waals surface area (Å²) in [6, 6.07) is 21.6. The maximum absolute atomic E-state index is 13.4. The fourth-order valence-electron chi connectivity index (χ4n) is 3.83. The lowest BCUT2D eigenvalue weighted by Gasteiger charge is -2.30. The highest BCUT2D eigenvalue weighted by Gasteiger charge is 2.29. The van der Waals surface area contributed by atoms with Crippen molar-refractivity contribution in [1.82, 2.24) is 5.32 Å². The summed E-state index contributed by atoms with van der Waals surface area (Å²) >= 11 is 1.33. The van der Waals surface area contributed by atoms with Crippen molar-refractivity contribution >= 4 is 29.3 Å². The summed E-state index contributed by atoms with van der Waals surface area (Å²) in [5.41, 5.74) is 4.07. The van der Waals surface area contributed by atoms with Crippen molar-refractivity contribution in [2.75, 3.05) is 25.7 Å². The molecule has 1 N–H and O–H groups in total. The quantitative estimate of drug-likeness (QED) is 0.457. The lowest BCUT2D eigenvalue weighted by molar-refractivity contribution is -0.118. The lowest BCUT2D eigenvalue weighted by Crippen LogP contribution is -2.34. The SMILES string of the molecule is COc1ccc(CCNC(=O)/C=C2\Sc3ccccc3N(Cc3ccc(C)cc3)C2=O)cc1OC. The van der Waals surface area contributed by atoms with Crippen molar-refractivity contribution in [3.8, 4) is 11.5 Å². The van der Waals surface area contributed by atoms with Crippen LogP contribution >= 0.6 is 11.8 Å². The molecule has 35 heavy (non-hydrogen) atoms. The standard InChI is InChI=1S/C28H28N2O4S/c1-19-8-10-21(11-9-19)18-30-22-6-4-5-7-25(22)35-26(28(30)32)17-27(31)29-15-14-20-12-13-23(33-2)24(16-20)34-3/h4-13,16-17H,14-15,18H2,1-3H3,(H,29,31)/b26-17-. The zero-order chi connectivity index (χ0) is 24.8. The molecule has 7 heteroatoms. The first kappa shape index (κ1) is 24.4. The van der Waals surface area contributed by atoms with E-state index in [1.165, 1.54) is 23.4 Å². The van der Waals surface area contributed by atoms with E-state index in [1.54, 1.807) is 19.1 Å². The molecule has 3 aromatic carbocycles. The summed E-state index contributed by atoms with van der Waals surface area (Å²) in [4.78, 5) is 29.1. The fourth-order valence-corrected chi connectivity index (χ4v) is 4.86. The van der Waals surface area contributed by atoms with Gasteiger partial charge in [-0.3, -0.25) is 9.59 Å². The first-order valence-electron chi connectivity index (χ1n) is 11.3. The second-order valence-electron chi connectivity index (χ2n) is 8.19. The zero-order valence-corrected chi connectivity index (χ0v) is 20.9. The van der Waals surface area contributed by atoms with Gasteiger partial charge in [0.1, 0.15) is 0 Å². The second-order valence-corrected chi connectivity index (χ2v) is 9.27. The number of nitrogens with one attached hydrogen (secondary N) is 1. The molecule has 0 saturated carbocycles. The van der Waals surface area contributed by atoms with Crippen molar-refractivity contribution in [3.63, 3.8) is 0 Å². The summed E-state index contributed by atoms with van der Waals surface area (Å²) in [6.45, 7) is 2.90. The topological polar surface area (TPSA) is 67.9 Å². The summed E-state index contributed by atoms with van der Waals surface area (Å²) in [7, 11) is 3.19. The molecule has 1 aliphatic rings. The molecule has 6 nitrogen and oxygen atoms in total. The number of rotatable bonds is 8. The van der Waals surface area contributed by atoms with E-state index in [0.717, 1.165) is 21.7 Å². The maximum Gasteiger partial charge on any atom is 0.265 e. The van der Waals surface area contributed by atoms with E-state index < -0.39 is 0 Å². The number of para-hydroxylation sites is 1. The van der Waals surface area contributed by atoms with Crippen LogP contribution in [0.5, 0.6) is 11.5 Å². The van der Waals surface area contributed by atoms with Crippen LogP contribution in [0.3, 0.4) is 0 Å². The Balaban J connectivity index is 1.45. The first-order chi connectivity index (χ1) is 17.0.